The van der Waals surface area contributed by atoms with Crippen LogP contribution >= 0.6 is 15.9 Å². The number of anilines is 1. The summed E-state index contributed by atoms with van der Waals surface area (Å²) in [6.45, 7) is 2.38. The zero-order valence-electron chi connectivity index (χ0n) is 19.3. The van der Waals surface area contributed by atoms with Gasteiger partial charge in [-0.3, -0.25) is 15.0 Å². The molecule has 2 heterocycles. The Labute approximate surface area is 213 Å². The molecule has 0 atom stereocenters. The molecule has 0 unspecified atom stereocenters. The van der Waals surface area contributed by atoms with Gasteiger partial charge in [-0.1, -0.05) is 12.1 Å². The Morgan fingerprint density at radius 1 is 1.14 bits per heavy atom. The molecule has 3 aliphatic carbocycles. The first-order valence-electron chi connectivity index (χ1n) is 12.1. The van der Waals surface area contributed by atoms with Crippen molar-refractivity contribution in [1.29, 1.82) is 0 Å². The van der Waals surface area contributed by atoms with E-state index in [1.165, 1.54) is 29.6 Å². The predicted octanol–water partition coefficient (Wildman–Crippen LogP) is 4.00. The van der Waals surface area contributed by atoms with Crippen molar-refractivity contribution in [2.75, 3.05) is 31.5 Å². The number of nitro benzene ring substituents is 1. The second-order valence-electron chi connectivity index (χ2n) is 10.6. The summed E-state index contributed by atoms with van der Waals surface area (Å²) in [5, 5.41) is 14.5. The summed E-state index contributed by atoms with van der Waals surface area (Å²) < 4.78 is 29.4. The molecule has 0 radical (unpaired) electrons. The molecule has 1 aliphatic heterocycles. The lowest BCUT2D eigenvalue weighted by atomic mass is 9.74. The first-order chi connectivity index (χ1) is 16.7. The number of piperazine rings is 1. The van der Waals surface area contributed by atoms with Crippen LogP contribution in [-0.2, 0) is 16.6 Å². The number of sulfonamides is 1. The van der Waals surface area contributed by atoms with Crippen LogP contribution < -0.4 is 5.32 Å². The quantitative estimate of drug-likeness (QED) is 0.402. The third-order valence-electron chi connectivity index (χ3n) is 8.44. The number of nitrogens with zero attached hydrogens (tertiary/aromatic N) is 4. The van der Waals surface area contributed by atoms with Crippen molar-refractivity contribution in [2.24, 2.45) is 10.8 Å². The normalized spacial score (nSPS) is 27.5. The van der Waals surface area contributed by atoms with E-state index < -0.39 is 14.9 Å². The molecule has 2 aromatic rings. The summed E-state index contributed by atoms with van der Waals surface area (Å²) in [5.74, 6) is 0.442. The number of aromatic nitrogens is 1. The number of benzene rings is 1. The molecule has 0 bridgehead atoms. The molecule has 3 saturated carbocycles. The van der Waals surface area contributed by atoms with E-state index in [1.807, 2.05) is 6.07 Å². The van der Waals surface area contributed by atoms with E-state index in [1.54, 1.807) is 24.4 Å². The molecule has 35 heavy (non-hydrogen) atoms. The summed E-state index contributed by atoms with van der Waals surface area (Å²) in [5.41, 5.74) is 2.07. The number of pyridine rings is 1. The second-order valence-corrected chi connectivity index (χ2v) is 13.4. The van der Waals surface area contributed by atoms with E-state index in [4.69, 9.17) is 0 Å². The van der Waals surface area contributed by atoms with Gasteiger partial charge in [-0.05, 0) is 70.5 Å². The van der Waals surface area contributed by atoms with Crippen LogP contribution in [-0.4, -0.2) is 59.8 Å². The highest BCUT2D eigenvalue weighted by atomic mass is 79.9. The van der Waals surface area contributed by atoms with Gasteiger partial charge in [-0.15, -0.1) is 0 Å². The SMILES string of the molecule is O=[N+]([O-])c1cccc(CN2CCN(S(=O)(=O)c3cc(Br)cnc3NC3CC4(C3)CC43CC3)CC2)c1. The number of hydrogen-bond donors (Lipinski definition) is 1. The monoisotopic (exact) mass is 561 g/mol. The number of non-ortho nitro benzene ring substituents is 1. The highest BCUT2D eigenvalue weighted by Crippen LogP contribution is 2.85. The highest BCUT2D eigenvalue weighted by Gasteiger charge is 2.77. The Bertz CT molecular complexity index is 1280. The number of hydrogen-bond acceptors (Lipinski definition) is 7. The van der Waals surface area contributed by atoms with Crippen LogP contribution in [0.15, 0.2) is 45.9 Å². The van der Waals surface area contributed by atoms with E-state index in [9.17, 15) is 18.5 Å². The summed E-state index contributed by atoms with van der Waals surface area (Å²) in [6.07, 6.45) is 7.94. The maximum Gasteiger partial charge on any atom is 0.269 e. The lowest BCUT2D eigenvalue weighted by Crippen LogP contribution is -2.48. The van der Waals surface area contributed by atoms with Crippen LogP contribution in [0.1, 0.15) is 37.7 Å². The van der Waals surface area contributed by atoms with Gasteiger partial charge < -0.3 is 5.32 Å². The Morgan fingerprint density at radius 2 is 1.89 bits per heavy atom. The topological polar surface area (TPSA) is 109 Å². The maximum absolute atomic E-state index is 13.6. The van der Waals surface area contributed by atoms with Crippen molar-refractivity contribution in [1.82, 2.24) is 14.2 Å². The van der Waals surface area contributed by atoms with Crippen LogP contribution in [0.5, 0.6) is 0 Å². The fraction of sp³-hybridized carbons (Fsp3) is 0.542. The third kappa shape index (κ3) is 4.16. The van der Waals surface area contributed by atoms with Gasteiger partial charge in [-0.2, -0.15) is 4.31 Å². The summed E-state index contributed by atoms with van der Waals surface area (Å²) in [6, 6.07) is 8.52. The molecule has 4 aliphatic rings. The number of halogens is 1. The van der Waals surface area contributed by atoms with E-state index in [-0.39, 0.29) is 16.6 Å². The van der Waals surface area contributed by atoms with Gasteiger partial charge >= 0.3 is 0 Å². The van der Waals surface area contributed by atoms with E-state index in [0.29, 0.717) is 53.8 Å². The van der Waals surface area contributed by atoms with Gasteiger partial charge in [0.2, 0.25) is 10.0 Å². The zero-order chi connectivity index (χ0) is 24.4. The first-order valence-corrected chi connectivity index (χ1v) is 14.3. The fourth-order valence-corrected chi connectivity index (χ4v) is 8.27. The molecule has 11 heteroatoms. The van der Waals surface area contributed by atoms with Crippen LogP contribution in [0.3, 0.4) is 0 Å². The largest absolute Gasteiger partial charge is 0.366 e. The number of nitro groups is 1. The van der Waals surface area contributed by atoms with Gasteiger partial charge in [0.25, 0.3) is 5.69 Å². The molecule has 9 nitrogen and oxygen atoms in total. The molecule has 186 valence electrons. The van der Waals surface area contributed by atoms with Crippen molar-refractivity contribution in [3.8, 4) is 0 Å². The van der Waals surface area contributed by atoms with Crippen molar-refractivity contribution >= 4 is 37.5 Å². The number of rotatable bonds is 7. The molecule has 4 fully saturated rings. The lowest BCUT2D eigenvalue weighted by molar-refractivity contribution is -0.384. The minimum atomic E-state index is -3.72. The molecule has 1 N–H and O–H groups in total. The zero-order valence-corrected chi connectivity index (χ0v) is 21.7. The Kier molecular flexibility index (Phi) is 5.48. The molecule has 1 saturated heterocycles. The summed E-state index contributed by atoms with van der Waals surface area (Å²) >= 11 is 3.39. The van der Waals surface area contributed by atoms with Gasteiger partial charge in [0.05, 0.1) is 4.92 Å². The van der Waals surface area contributed by atoms with Gasteiger partial charge in [0.15, 0.2) is 0 Å². The molecule has 0 amide bonds. The summed E-state index contributed by atoms with van der Waals surface area (Å²) in [4.78, 5) is 17.4. The Morgan fingerprint density at radius 3 is 2.54 bits per heavy atom. The average molecular weight is 562 g/mol. The molecule has 2 spiro atoms. The van der Waals surface area contributed by atoms with Crippen molar-refractivity contribution in [3.63, 3.8) is 0 Å². The van der Waals surface area contributed by atoms with E-state index in [2.05, 4.69) is 31.1 Å². The van der Waals surface area contributed by atoms with Gasteiger partial charge in [0, 0.05) is 61.6 Å². The van der Waals surface area contributed by atoms with Crippen molar-refractivity contribution in [2.45, 2.75) is 49.6 Å². The van der Waals surface area contributed by atoms with Crippen LogP contribution in [0.2, 0.25) is 0 Å². The van der Waals surface area contributed by atoms with Gasteiger partial charge in [0.1, 0.15) is 10.7 Å². The molecule has 1 aromatic carbocycles. The minimum Gasteiger partial charge on any atom is -0.366 e. The summed E-state index contributed by atoms with van der Waals surface area (Å²) in [7, 11) is -3.72. The molecule has 6 rings (SSSR count). The highest BCUT2D eigenvalue weighted by molar-refractivity contribution is 9.10. The van der Waals surface area contributed by atoms with Gasteiger partial charge in [-0.25, -0.2) is 13.4 Å². The minimum absolute atomic E-state index is 0.0669. The molecular formula is C24H28BrN5O4S. The second kappa shape index (κ2) is 8.22. The van der Waals surface area contributed by atoms with Crippen LogP contribution in [0.4, 0.5) is 11.5 Å². The Balaban J connectivity index is 1.11. The molecule has 1 aromatic heterocycles. The fourth-order valence-electron chi connectivity index (χ4n) is 6.24. The predicted molar refractivity (Wildman–Crippen MR) is 134 cm³/mol. The third-order valence-corrected chi connectivity index (χ3v) is 10.8. The number of nitrogens with one attached hydrogen (secondary N) is 1. The van der Waals surface area contributed by atoms with Crippen molar-refractivity contribution in [3.05, 3.63) is 56.7 Å². The maximum atomic E-state index is 13.6. The first kappa shape index (κ1) is 23.3. The Hall–Kier alpha value is -2.08. The average Bonchev–Trinajstić information content (AvgIpc) is 3.72. The molecular weight excluding hydrogens is 534 g/mol. The van der Waals surface area contributed by atoms with Crippen molar-refractivity contribution < 1.29 is 13.3 Å². The standard InChI is InChI=1S/C24H28BrN5O4S/c25-18-11-21(22(26-14-18)27-19-12-24(13-19)16-23(24)4-5-23)35(33,34)29-8-6-28(7-9-29)15-17-2-1-3-20(10-17)30(31)32/h1-3,10-11,14,19H,4-9,12-13,15-16H2,(H,26,27). The smallest absolute Gasteiger partial charge is 0.269 e. The van der Waals surface area contributed by atoms with Crippen LogP contribution in [0.25, 0.3) is 0 Å². The number of fused-ring (bicyclic) bond motifs is 1. The van der Waals surface area contributed by atoms with E-state index >= 15 is 0 Å². The van der Waals surface area contributed by atoms with E-state index in [0.717, 1.165) is 18.4 Å². The lowest BCUT2D eigenvalue weighted by Gasteiger charge is -2.39. The van der Waals surface area contributed by atoms with Crippen LogP contribution in [0, 0.1) is 20.9 Å².